The van der Waals surface area contributed by atoms with Gasteiger partial charge in [0.2, 0.25) is 11.7 Å². The van der Waals surface area contributed by atoms with Crippen LogP contribution < -0.4 is 10.1 Å². The number of carbonyl (C=O) groups excluding carboxylic acids is 1. The molecule has 0 spiro atoms. The van der Waals surface area contributed by atoms with E-state index in [1.165, 1.54) is 0 Å². The fourth-order valence-electron chi connectivity index (χ4n) is 3.31. The third-order valence-electron chi connectivity index (χ3n) is 4.68. The Labute approximate surface area is 167 Å². The Kier molecular flexibility index (Phi) is 5.16. The van der Waals surface area contributed by atoms with E-state index in [1.54, 1.807) is 30.2 Å². The van der Waals surface area contributed by atoms with E-state index in [9.17, 15) is 4.79 Å². The van der Waals surface area contributed by atoms with Crippen LogP contribution in [0.1, 0.15) is 24.8 Å². The van der Waals surface area contributed by atoms with Gasteiger partial charge in [0.1, 0.15) is 11.8 Å². The van der Waals surface area contributed by atoms with Crippen molar-refractivity contribution < 1.29 is 14.1 Å². The van der Waals surface area contributed by atoms with Crippen LogP contribution in [0.2, 0.25) is 5.02 Å². The highest BCUT2D eigenvalue weighted by atomic mass is 35.5. The van der Waals surface area contributed by atoms with Crippen LogP contribution in [0.25, 0.3) is 11.4 Å². The summed E-state index contributed by atoms with van der Waals surface area (Å²) in [6.45, 7) is 0.600. The van der Waals surface area contributed by atoms with E-state index in [4.69, 9.17) is 20.9 Å². The van der Waals surface area contributed by atoms with Gasteiger partial charge in [-0.3, -0.25) is 0 Å². The molecule has 1 aliphatic rings. The molecule has 1 atom stereocenters. The molecule has 7 nitrogen and oxygen atoms in total. The smallest absolute Gasteiger partial charge is 0.322 e. The van der Waals surface area contributed by atoms with E-state index < -0.39 is 0 Å². The normalized spacial score (nSPS) is 16.2. The van der Waals surface area contributed by atoms with Gasteiger partial charge in [0.25, 0.3) is 0 Å². The summed E-state index contributed by atoms with van der Waals surface area (Å²) in [4.78, 5) is 19.1. The average Bonchev–Trinajstić information content (AvgIpc) is 3.38. The van der Waals surface area contributed by atoms with Crippen molar-refractivity contribution >= 4 is 23.3 Å². The van der Waals surface area contributed by atoms with Gasteiger partial charge in [0.05, 0.1) is 12.8 Å². The number of hydrogen-bond acceptors (Lipinski definition) is 5. The molecule has 2 aromatic carbocycles. The maximum Gasteiger partial charge on any atom is 0.322 e. The lowest BCUT2D eigenvalue weighted by Gasteiger charge is -2.23. The standard InChI is InChI=1S/C20H19ClN4O3/c1-27-17-10-9-14(21)12-15(17)22-20(26)25-11-5-8-16(25)19-23-18(24-28-19)13-6-3-2-4-7-13/h2-4,6-7,9-10,12,16H,5,8,11H2,1H3,(H,22,26)/t16-/m0/s1. The van der Waals surface area contributed by atoms with E-state index in [0.717, 1.165) is 18.4 Å². The number of rotatable bonds is 4. The monoisotopic (exact) mass is 398 g/mol. The molecule has 2 heterocycles. The van der Waals surface area contributed by atoms with Gasteiger partial charge in [-0.25, -0.2) is 4.79 Å². The molecule has 0 unspecified atom stereocenters. The Morgan fingerprint density at radius 2 is 2.11 bits per heavy atom. The first-order valence-corrected chi connectivity index (χ1v) is 9.33. The van der Waals surface area contributed by atoms with Gasteiger partial charge in [-0.15, -0.1) is 0 Å². The first kappa shape index (κ1) is 18.3. The number of aromatic nitrogens is 2. The van der Waals surface area contributed by atoms with Crippen molar-refractivity contribution in [1.82, 2.24) is 15.0 Å². The topological polar surface area (TPSA) is 80.5 Å². The molecule has 28 heavy (non-hydrogen) atoms. The predicted molar refractivity (Wildman–Crippen MR) is 105 cm³/mol. The fourth-order valence-corrected chi connectivity index (χ4v) is 3.48. The Bertz CT molecular complexity index is 977. The van der Waals surface area contributed by atoms with E-state index in [2.05, 4.69) is 15.5 Å². The molecule has 4 rings (SSSR count). The maximum atomic E-state index is 12.9. The first-order chi connectivity index (χ1) is 13.7. The largest absolute Gasteiger partial charge is 0.495 e. The van der Waals surface area contributed by atoms with Crippen molar-refractivity contribution in [2.24, 2.45) is 0 Å². The van der Waals surface area contributed by atoms with Gasteiger partial charge >= 0.3 is 6.03 Å². The number of benzene rings is 2. The molecule has 0 bridgehead atoms. The number of hydrogen-bond donors (Lipinski definition) is 1. The second-order valence-corrected chi connectivity index (χ2v) is 6.88. The number of nitrogens with zero attached hydrogens (tertiary/aromatic N) is 3. The summed E-state index contributed by atoms with van der Waals surface area (Å²) in [5, 5.41) is 7.45. The summed E-state index contributed by atoms with van der Waals surface area (Å²) in [6.07, 6.45) is 1.62. The minimum absolute atomic E-state index is 0.262. The number of anilines is 1. The Morgan fingerprint density at radius 3 is 2.89 bits per heavy atom. The quantitative estimate of drug-likeness (QED) is 0.684. The summed E-state index contributed by atoms with van der Waals surface area (Å²) in [6, 6.07) is 14.1. The molecule has 3 aromatic rings. The summed E-state index contributed by atoms with van der Waals surface area (Å²) >= 11 is 6.05. The Hall–Kier alpha value is -3.06. The predicted octanol–water partition coefficient (Wildman–Crippen LogP) is 4.77. The molecule has 1 aliphatic heterocycles. The van der Waals surface area contributed by atoms with Crippen LogP contribution in [0.3, 0.4) is 0 Å². The van der Waals surface area contributed by atoms with Gasteiger partial charge < -0.3 is 19.5 Å². The van der Waals surface area contributed by atoms with Crippen molar-refractivity contribution in [1.29, 1.82) is 0 Å². The van der Waals surface area contributed by atoms with Gasteiger partial charge in [0, 0.05) is 17.1 Å². The third kappa shape index (κ3) is 3.66. The van der Waals surface area contributed by atoms with Crippen LogP contribution in [0.4, 0.5) is 10.5 Å². The zero-order valence-electron chi connectivity index (χ0n) is 15.3. The van der Waals surface area contributed by atoms with Crippen molar-refractivity contribution in [3.8, 4) is 17.1 Å². The summed E-state index contributed by atoms with van der Waals surface area (Å²) in [7, 11) is 1.54. The van der Waals surface area contributed by atoms with Crippen molar-refractivity contribution in [2.45, 2.75) is 18.9 Å². The summed E-state index contributed by atoms with van der Waals surface area (Å²) in [5.41, 5.74) is 1.39. The molecule has 0 saturated carbocycles. The number of amides is 2. The molecule has 0 radical (unpaired) electrons. The van der Waals surface area contributed by atoms with E-state index in [-0.39, 0.29) is 12.1 Å². The number of methoxy groups -OCH3 is 1. The van der Waals surface area contributed by atoms with Crippen LogP contribution in [-0.2, 0) is 0 Å². The van der Waals surface area contributed by atoms with Gasteiger partial charge in [0.15, 0.2) is 0 Å². The van der Waals surface area contributed by atoms with Crippen molar-refractivity contribution in [3.63, 3.8) is 0 Å². The van der Waals surface area contributed by atoms with Gasteiger partial charge in [-0.1, -0.05) is 47.1 Å². The van der Waals surface area contributed by atoms with Crippen LogP contribution in [0.15, 0.2) is 53.1 Å². The summed E-state index contributed by atoms with van der Waals surface area (Å²) < 4.78 is 10.8. The molecule has 0 aliphatic carbocycles. The van der Waals surface area contributed by atoms with Crippen molar-refractivity contribution in [2.75, 3.05) is 19.0 Å². The number of carbonyl (C=O) groups is 1. The lowest BCUT2D eigenvalue weighted by molar-refractivity contribution is 0.193. The first-order valence-electron chi connectivity index (χ1n) is 8.96. The zero-order valence-corrected chi connectivity index (χ0v) is 16.0. The number of ether oxygens (including phenoxy) is 1. The number of urea groups is 1. The molecule has 1 saturated heterocycles. The minimum atomic E-state index is -0.268. The number of halogens is 1. The van der Waals surface area contributed by atoms with Crippen LogP contribution in [0, 0.1) is 0 Å². The van der Waals surface area contributed by atoms with Crippen LogP contribution in [0.5, 0.6) is 5.75 Å². The summed E-state index contributed by atoms with van der Waals surface area (Å²) in [5.74, 6) is 1.49. The average molecular weight is 399 g/mol. The molecular formula is C20H19ClN4O3. The van der Waals surface area contributed by atoms with E-state index in [1.807, 2.05) is 30.3 Å². The highest BCUT2D eigenvalue weighted by molar-refractivity contribution is 6.31. The van der Waals surface area contributed by atoms with E-state index in [0.29, 0.717) is 34.7 Å². The molecule has 1 N–H and O–H groups in total. The Morgan fingerprint density at radius 1 is 1.29 bits per heavy atom. The molecule has 1 aromatic heterocycles. The van der Waals surface area contributed by atoms with Gasteiger partial charge in [-0.2, -0.15) is 4.98 Å². The highest BCUT2D eigenvalue weighted by Gasteiger charge is 2.34. The molecular weight excluding hydrogens is 380 g/mol. The lowest BCUT2D eigenvalue weighted by Crippen LogP contribution is -2.34. The third-order valence-corrected chi connectivity index (χ3v) is 4.91. The van der Waals surface area contributed by atoms with E-state index >= 15 is 0 Å². The van der Waals surface area contributed by atoms with Crippen LogP contribution >= 0.6 is 11.6 Å². The second-order valence-electron chi connectivity index (χ2n) is 6.45. The maximum absolute atomic E-state index is 12.9. The number of nitrogens with one attached hydrogen (secondary N) is 1. The lowest BCUT2D eigenvalue weighted by atomic mass is 10.2. The highest BCUT2D eigenvalue weighted by Crippen LogP contribution is 2.34. The Balaban J connectivity index is 1.53. The zero-order chi connectivity index (χ0) is 19.5. The fraction of sp³-hybridized carbons (Fsp3) is 0.250. The molecule has 8 heteroatoms. The number of likely N-dealkylation sites (tertiary alicyclic amines) is 1. The molecule has 2 amide bonds. The van der Waals surface area contributed by atoms with Gasteiger partial charge in [-0.05, 0) is 31.0 Å². The van der Waals surface area contributed by atoms with Crippen LogP contribution in [-0.4, -0.2) is 34.7 Å². The molecule has 1 fully saturated rings. The minimum Gasteiger partial charge on any atom is -0.495 e. The van der Waals surface area contributed by atoms with Crippen molar-refractivity contribution in [3.05, 3.63) is 59.4 Å². The second kappa shape index (κ2) is 7.90. The SMILES string of the molecule is COc1ccc(Cl)cc1NC(=O)N1CCC[C@H]1c1nc(-c2ccccc2)no1. The molecule has 144 valence electrons.